The Morgan fingerprint density at radius 3 is 2.50 bits per heavy atom. The van der Waals surface area contributed by atoms with Crippen molar-refractivity contribution in [2.75, 3.05) is 4.90 Å². The van der Waals surface area contributed by atoms with Gasteiger partial charge in [-0.05, 0) is 55.2 Å². The molecule has 152 valence electrons. The van der Waals surface area contributed by atoms with Crippen LogP contribution in [-0.4, -0.2) is 10.9 Å². The quantitative estimate of drug-likeness (QED) is 0.352. The van der Waals surface area contributed by atoms with Crippen LogP contribution in [0.2, 0.25) is 5.02 Å². The molecule has 0 aliphatic heterocycles. The molecule has 4 aromatic rings. The minimum atomic E-state index is 0.0358. The second kappa shape index (κ2) is 8.58. The van der Waals surface area contributed by atoms with Gasteiger partial charge in [0.15, 0.2) is 5.13 Å². The summed E-state index contributed by atoms with van der Waals surface area (Å²) in [4.78, 5) is 20.1. The van der Waals surface area contributed by atoms with Crippen LogP contribution in [-0.2, 0) is 17.8 Å². The number of benzene rings is 3. The van der Waals surface area contributed by atoms with Crippen molar-refractivity contribution in [3.8, 4) is 0 Å². The van der Waals surface area contributed by atoms with E-state index < -0.39 is 0 Å². The molecule has 1 heterocycles. The second-order valence-corrected chi connectivity index (χ2v) is 9.08. The zero-order valence-corrected chi connectivity index (χ0v) is 18.8. The molecule has 0 spiro atoms. The van der Waals surface area contributed by atoms with Crippen molar-refractivity contribution in [1.29, 1.82) is 0 Å². The third-order valence-electron chi connectivity index (χ3n) is 5.19. The summed E-state index contributed by atoms with van der Waals surface area (Å²) in [5.41, 5.74) is 6.36. The van der Waals surface area contributed by atoms with Crippen molar-refractivity contribution in [3.05, 3.63) is 93.5 Å². The van der Waals surface area contributed by atoms with Crippen LogP contribution in [0.4, 0.5) is 5.13 Å². The fourth-order valence-corrected chi connectivity index (χ4v) is 5.03. The highest BCUT2D eigenvalue weighted by Gasteiger charge is 2.22. The third kappa shape index (κ3) is 4.40. The molecule has 0 bridgehead atoms. The minimum Gasteiger partial charge on any atom is -0.283 e. The monoisotopic (exact) mass is 434 g/mol. The fourth-order valence-electron chi connectivity index (χ4n) is 3.59. The molecule has 0 atom stereocenters. The van der Waals surface area contributed by atoms with E-state index in [9.17, 15) is 4.79 Å². The van der Waals surface area contributed by atoms with Gasteiger partial charge in [0.1, 0.15) is 0 Å². The van der Waals surface area contributed by atoms with E-state index in [-0.39, 0.29) is 5.91 Å². The van der Waals surface area contributed by atoms with Gasteiger partial charge in [0.05, 0.1) is 23.2 Å². The van der Waals surface area contributed by atoms with Crippen LogP contribution < -0.4 is 4.90 Å². The molecule has 0 fully saturated rings. The largest absolute Gasteiger partial charge is 0.283 e. The Hall–Kier alpha value is -2.69. The molecule has 0 saturated carbocycles. The van der Waals surface area contributed by atoms with Gasteiger partial charge in [-0.15, -0.1) is 0 Å². The number of rotatable bonds is 5. The summed E-state index contributed by atoms with van der Waals surface area (Å²) >= 11 is 7.75. The first kappa shape index (κ1) is 20.6. The van der Waals surface area contributed by atoms with Crippen LogP contribution in [0.15, 0.2) is 60.7 Å². The number of fused-ring (bicyclic) bond motifs is 1. The SMILES string of the molecule is Cc1ccc(CC(=O)N(Cc2ccccc2)c2nc3c(C)cc(Cl)cc3s2)c(C)c1. The number of carbonyl (C=O) groups is 1. The van der Waals surface area contributed by atoms with Crippen LogP contribution in [0.1, 0.15) is 27.8 Å². The molecule has 1 amide bonds. The number of nitrogens with zero attached hydrogens (tertiary/aromatic N) is 2. The number of aryl methyl sites for hydroxylation is 3. The zero-order valence-electron chi connectivity index (χ0n) is 17.3. The summed E-state index contributed by atoms with van der Waals surface area (Å²) in [6, 6.07) is 20.1. The summed E-state index contributed by atoms with van der Waals surface area (Å²) in [6.45, 7) is 6.60. The smallest absolute Gasteiger partial charge is 0.233 e. The van der Waals surface area contributed by atoms with E-state index in [1.807, 2.05) is 55.5 Å². The van der Waals surface area contributed by atoms with Crippen LogP contribution in [0.3, 0.4) is 0 Å². The van der Waals surface area contributed by atoms with E-state index in [2.05, 4.69) is 26.0 Å². The zero-order chi connectivity index (χ0) is 21.3. The molecule has 4 rings (SSSR count). The molecule has 5 heteroatoms. The lowest BCUT2D eigenvalue weighted by atomic mass is 10.0. The molecule has 1 aromatic heterocycles. The number of amides is 1. The van der Waals surface area contributed by atoms with Crippen LogP contribution >= 0.6 is 22.9 Å². The van der Waals surface area contributed by atoms with E-state index in [0.29, 0.717) is 23.1 Å². The van der Waals surface area contributed by atoms with Gasteiger partial charge in [0.2, 0.25) is 5.91 Å². The lowest BCUT2D eigenvalue weighted by molar-refractivity contribution is -0.118. The number of aromatic nitrogens is 1. The van der Waals surface area contributed by atoms with Gasteiger partial charge in [0.25, 0.3) is 0 Å². The first-order chi connectivity index (χ1) is 14.4. The normalized spacial score (nSPS) is 11.1. The maximum Gasteiger partial charge on any atom is 0.233 e. The summed E-state index contributed by atoms with van der Waals surface area (Å²) in [5, 5.41) is 1.39. The van der Waals surface area contributed by atoms with Crippen molar-refractivity contribution in [2.24, 2.45) is 0 Å². The molecule has 30 heavy (non-hydrogen) atoms. The molecular weight excluding hydrogens is 412 g/mol. The Morgan fingerprint density at radius 2 is 1.77 bits per heavy atom. The molecular formula is C25H23ClN2OS. The number of hydrogen-bond donors (Lipinski definition) is 0. The topological polar surface area (TPSA) is 33.2 Å². The Bertz CT molecular complexity index is 1220. The average molecular weight is 435 g/mol. The number of anilines is 1. The summed E-state index contributed by atoms with van der Waals surface area (Å²) in [5.74, 6) is 0.0358. The molecule has 0 aliphatic carbocycles. The number of carbonyl (C=O) groups excluding carboxylic acids is 1. The summed E-state index contributed by atoms with van der Waals surface area (Å²) in [6.07, 6.45) is 0.342. The lowest BCUT2D eigenvalue weighted by Crippen LogP contribution is -2.31. The highest BCUT2D eigenvalue weighted by Crippen LogP contribution is 2.34. The second-order valence-electron chi connectivity index (χ2n) is 7.64. The van der Waals surface area contributed by atoms with E-state index >= 15 is 0 Å². The Balaban J connectivity index is 1.72. The third-order valence-corrected chi connectivity index (χ3v) is 6.44. The maximum atomic E-state index is 13.4. The highest BCUT2D eigenvalue weighted by molar-refractivity contribution is 7.22. The Morgan fingerprint density at radius 1 is 1.00 bits per heavy atom. The first-order valence-corrected chi connectivity index (χ1v) is 11.1. The van der Waals surface area contributed by atoms with E-state index in [1.54, 1.807) is 4.90 Å². The van der Waals surface area contributed by atoms with Crippen LogP contribution in [0.5, 0.6) is 0 Å². The Kier molecular flexibility index (Phi) is 5.89. The highest BCUT2D eigenvalue weighted by atomic mass is 35.5. The van der Waals surface area contributed by atoms with E-state index in [0.717, 1.165) is 32.5 Å². The maximum absolute atomic E-state index is 13.4. The number of hydrogen-bond acceptors (Lipinski definition) is 3. The number of halogens is 1. The molecule has 0 unspecified atom stereocenters. The standard InChI is InChI=1S/C25H23ClN2OS/c1-16-9-10-20(17(2)11-16)13-23(29)28(15-19-7-5-4-6-8-19)25-27-24-18(3)12-21(26)14-22(24)30-25/h4-12,14H,13,15H2,1-3H3. The van der Waals surface area contributed by atoms with Crippen molar-refractivity contribution >= 4 is 44.2 Å². The van der Waals surface area contributed by atoms with E-state index in [1.165, 1.54) is 16.9 Å². The van der Waals surface area contributed by atoms with Gasteiger partial charge >= 0.3 is 0 Å². The molecule has 3 nitrogen and oxygen atoms in total. The van der Waals surface area contributed by atoms with Crippen LogP contribution in [0.25, 0.3) is 10.2 Å². The van der Waals surface area contributed by atoms with Gasteiger partial charge in [-0.1, -0.05) is 77.0 Å². The molecule has 0 N–H and O–H groups in total. The van der Waals surface area contributed by atoms with Gasteiger partial charge in [-0.2, -0.15) is 0 Å². The Labute approximate surface area is 186 Å². The van der Waals surface area contributed by atoms with Gasteiger partial charge in [-0.25, -0.2) is 4.98 Å². The van der Waals surface area contributed by atoms with Gasteiger partial charge in [-0.3, -0.25) is 9.69 Å². The molecule has 3 aromatic carbocycles. The lowest BCUT2D eigenvalue weighted by Gasteiger charge is -2.21. The number of thiazole rings is 1. The summed E-state index contributed by atoms with van der Waals surface area (Å²) < 4.78 is 0.993. The summed E-state index contributed by atoms with van der Waals surface area (Å²) in [7, 11) is 0. The van der Waals surface area contributed by atoms with E-state index in [4.69, 9.17) is 16.6 Å². The molecule has 0 aliphatic rings. The minimum absolute atomic E-state index is 0.0358. The van der Waals surface area contributed by atoms with Crippen molar-refractivity contribution in [2.45, 2.75) is 33.7 Å². The van der Waals surface area contributed by atoms with Crippen LogP contribution in [0, 0.1) is 20.8 Å². The van der Waals surface area contributed by atoms with Crippen molar-refractivity contribution in [1.82, 2.24) is 4.98 Å². The molecule has 0 radical (unpaired) electrons. The van der Waals surface area contributed by atoms with Gasteiger partial charge in [0, 0.05) is 5.02 Å². The van der Waals surface area contributed by atoms with Crippen molar-refractivity contribution < 1.29 is 4.79 Å². The average Bonchev–Trinajstić information content (AvgIpc) is 3.13. The fraction of sp³-hybridized carbons (Fsp3) is 0.200. The predicted molar refractivity (Wildman–Crippen MR) is 127 cm³/mol. The molecule has 0 saturated heterocycles. The first-order valence-electron chi connectivity index (χ1n) is 9.88. The van der Waals surface area contributed by atoms with Crippen molar-refractivity contribution in [3.63, 3.8) is 0 Å². The predicted octanol–water partition coefficient (Wildman–Crippen LogP) is 6.65. The van der Waals surface area contributed by atoms with Gasteiger partial charge < -0.3 is 0 Å².